The van der Waals surface area contributed by atoms with Crippen molar-refractivity contribution in [2.24, 2.45) is 0 Å². The van der Waals surface area contributed by atoms with Crippen molar-refractivity contribution in [3.8, 4) is 0 Å². The van der Waals surface area contributed by atoms with Gasteiger partial charge in [-0.05, 0) is 0 Å². The third-order valence-corrected chi connectivity index (χ3v) is 29.1. The Hall–Kier alpha value is -4.27. The maximum atomic E-state index is 13.2. The topological polar surface area (TPSA) is 269 Å². The molecule has 24 heteroatoms. The molecular formula is C57H82O22SeSn. The molecule has 1 N–H and O–H groups in total. The first kappa shape index (κ1) is 67.5. The zero-order chi connectivity index (χ0) is 59.2. The number of aliphatic hydroxyl groups is 1. The van der Waals surface area contributed by atoms with Gasteiger partial charge >= 0.3 is 488 Å². The van der Waals surface area contributed by atoms with Crippen molar-refractivity contribution >= 4 is 80.0 Å². The van der Waals surface area contributed by atoms with Crippen LogP contribution in [0, 0.1) is 0 Å². The summed E-state index contributed by atoms with van der Waals surface area (Å²) in [6, 6.07) is 18.5. The fourth-order valence-electron chi connectivity index (χ4n) is 9.98. The van der Waals surface area contributed by atoms with Gasteiger partial charge in [0.15, 0.2) is 0 Å². The van der Waals surface area contributed by atoms with Gasteiger partial charge < -0.3 is 0 Å². The normalized spacial score (nSPS) is 28.4. The molecule has 0 bridgehead atoms. The van der Waals surface area contributed by atoms with Crippen molar-refractivity contribution in [1.82, 2.24) is 0 Å². The Bertz CT molecular complexity index is 2290. The molecule has 0 unspecified atom stereocenters. The van der Waals surface area contributed by atoms with Crippen LogP contribution in [0.3, 0.4) is 0 Å². The minimum atomic E-state index is -3.43. The molecule has 0 spiro atoms. The second-order valence-electron chi connectivity index (χ2n) is 20.3. The molecule has 15 atom stereocenters. The number of ether oxygens (including phenoxy) is 13. The number of unbranched alkanes of at least 4 members (excludes halogenated alkanes) is 3. The van der Waals surface area contributed by atoms with Gasteiger partial charge in [-0.25, -0.2) is 0 Å². The molecule has 5 rings (SSSR count). The van der Waals surface area contributed by atoms with Crippen molar-refractivity contribution < 1.29 is 103 Å². The number of esters is 7. The molecule has 22 nitrogen and oxygen atoms in total. The number of hydrogen-bond acceptors (Lipinski definition) is 22. The molecule has 0 amide bonds. The summed E-state index contributed by atoms with van der Waals surface area (Å²) in [5.74, 6) is -5.67. The maximum absolute atomic E-state index is 13.2. The Balaban J connectivity index is 1.60. The van der Waals surface area contributed by atoms with E-state index in [0.29, 0.717) is 0 Å². The molecular weight excluding hydrogens is 1230 g/mol. The summed E-state index contributed by atoms with van der Waals surface area (Å²) in [6.07, 6.45) is -14.8. The third kappa shape index (κ3) is 21.1. The van der Waals surface area contributed by atoms with E-state index in [4.69, 9.17) is 64.7 Å². The molecule has 3 aliphatic heterocycles. The van der Waals surface area contributed by atoms with Gasteiger partial charge in [0.05, 0.1) is 0 Å². The van der Waals surface area contributed by atoms with Gasteiger partial charge in [0.2, 0.25) is 0 Å². The SMILES string of the molecule is CCC[CH2][Sn]([CH2]CCC)([CH2]CCC)[O]C[C@H]1O[C@@H](OC[C@H]2O[C@@H]([Se]c3ccccc3)[C@H](OC(C)=O)[C@@H](O[C@@H]3O[C@H](COC(C)=O)[C@@H](OC(C)=O)[C@H](OC(C)=O)[C@H]3OC(C)=O)[C@@H]2O)[C@H](OC(C)=O)[C@@H](OC(C)=O)[C@@H]1OCc1ccccc1. The van der Waals surface area contributed by atoms with E-state index < -0.39 is 180 Å². The quantitative estimate of drug-likeness (QED) is 0.0609. The Labute approximate surface area is 485 Å². The van der Waals surface area contributed by atoms with Crippen LogP contribution in [0.25, 0.3) is 0 Å². The van der Waals surface area contributed by atoms with E-state index in [2.05, 4.69) is 20.8 Å². The van der Waals surface area contributed by atoms with E-state index in [1.807, 2.05) is 48.5 Å². The van der Waals surface area contributed by atoms with Crippen molar-refractivity contribution in [2.45, 2.75) is 219 Å². The fourth-order valence-corrected chi connectivity index (χ4v) is 25.7. The molecule has 3 fully saturated rings. The average molecular weight is 1320 g/mol. The first-order valence-corrected chi connectivity index (χ1v) is 36.8. The van der Waals surface area contributed by atoms with E-state index in [9.17, 15) is 38.7 Å². The van der Waals surface area contributed by atoms with E-state index in [1.54, 1.807) is 12.1 Å². The first-order valence-electron chi connectivity index (χ1n) is 27.8. The summed E-state index contributed by atoms with van der Waals surface area (Å²) >= 11 is -4.16. The molecule has 0 radical (unpaired) electrons. The Morgan fingerprint density at radius 2 is 0.938 bits per heavy atom. The Morgan fingerprint density at radius 3 is 1.46 bits per heavy atom. The molecule has 0 aliphatic carbocycles. The van der Waals surface area contributed by atoms with Crippen LogP contribution in [0.2, 0.25) is 13.3 Å². The van der Waals surface area contributed by atoms with Gasteiger partial charge in [-0.1, -0.05) is 0 Å². The van der Waals surface area contributed by atoms with Gasteiger partial charge in [0, 0.05) is 0 Å². The van der Waals surface area contributed by atoms with Crippen LogP contribution >= 0.6 is 0 Å². The van der Waals surface area contributed by atoms with E-state index in [0.717, 1.165) is 96.5 Å². The van der Waals surface area contributed by atoms with E-state index >= 15 is 0 Å². The third-order valence-electron chi connectivity index (χ3n) is 13.6. The van der Waals surface area contributed by atoms with Crippen molar-refractivity contribution in [3.63, 3.8) is 0 Å². The summed E-state index contributed by atoms with van der Waals surface area (Å²) in [7, 11) is 0. The monoisotopic (exact) mass is 1320 g/mol. The zero-order valence-corrected chi connectivity index (χ0v) is 52.6. The summed E-state index contributed by atoms with van der Waals surface area (Å²) < 4.78 is 90.9. The first-order chi connectivity index (χ1) is 38.7. The van der Waals surface area contributed by atoms with Crippen LogP contribution in [-0.2, 0) is 105 Å². The van der Waals surface area contributed by atoms with Crippen LogP contribution in [-0.4, -0.2) is 191 Å². The van der Waals surface area contributed by atoms with Crippen molar-refractivity contribution in [1.29, 1.82) is 0 Å². The number of aliphatic hydroxyl groups excluding tert-OH is 1. The van der Waals surface area contributed by atoms with Crippen LogP contribution in [0.15, 0.2) is 60.7 Å². The van der Waals surface area contributed by atoms with Gasteiger partial charge in [-0.15, -0.1) is 0 Å². The Morgan fingerprint density at radius 1 is 0.481 bits per heavy atom. The van der Waals surface area contributed by atoms with Crippen LogP contribution in [0.5, 0.6) is 0 Å². The zero-order valence-electron chi connectivity index (χ0n) is 48.1. The summed E-state index contributed by atoms with van der Waals surface area (Å²) in [4.78, 5) is 89.7. The molecule has 2 aromatic carbocycles. The molecule has 0 saturated carbocycles. The Kier molecular flexibility index (Phi) is 28.2. The second-order valence-corrected chi connectivity index (χ2v) is 34.6. The molecule has 452 valence electrons. The predicted molar refractivity (Wildman–Crippen MR) is 290 cm³/mol. The predicted octanol–water partition coefficient (Wildman–Crippen LogP) is 5.05. The molecule has 2 aromatic rings. The second kappa shape index (κ2) is 33.9. The van der Waals surface area contributed by atoms with E-state index in [1.165, 1.54) is 13.8 Å². The van der Waals surface area contributed by atoms with Crippen molar-refractivity contribution in [2.75, 3.05) is 19.8 Å². The molecule has 0 aromatic heterocycles. The number of benzene rings is 2. The van der Waals surface area contributed by atoms with Gasteiger partial charge in [0.25, 0.3) is 0 Å². The number of carbonyl (C=O) groups excluding carboxylic acids is 7. The van der Waals surface area contributed by atoms with E-state index in [-0.39, 0.29) is 13.2 Å². The molecule has 3 saturated heterocycles. The summed E-state index contributed by atoms with van der Waals surface area (Å²) in [5, 5.41) is 11.6. The minimum absolute atomic E-state index is 0.0390. The molecule has 3 aliphatic rings. The van der Waals surface area contributed by atoms with Crippen molar-refractivity contribution in [3.05, 3.63) is 66.2 Å². The standard InChI is InChI=1S/C45H55O22Se.3C4H9.Sn/c1-22(47)55-21-33-36(58-23(2)48)39(60-25(4)50)41(62-27(6)52)44(65-33)67-37-34(54)32(66-45(42(37)63-28(7)53)68-30-16-12-9-13-17-30)20-57-43-40(61-26(5)51)38(59-24(3)49)35(31(18-46)64-43)56-19-29-14-10-8-11-15-29;3*1-3-4-2;/h8-17,31-45,54H,18-21H2,1-7H3;3*1,3-4H2,2H3;/q-1;;;;+1/t31-,32-,33-,34-,35-,36-,37+,38+,39+,40-,41-,42-,43-,44+,45+;;;;/m1..../s1. The van der Waals surface area contributed by atoms with Crippen LogP contribution in [0.4, 0.5) is 0 Å². The summed E-state index contributed by atoms with van der Waals surface area (Å²) in [6.45, 7) is 13.4. The van der Waals surface area contributed by atoms with Crippen LogP contribution < -0.4 is 4.46 Å². The van der Waals surface area contributed by atoms with Crippen LogP contribution in [0.1, 0.15) is 113 Å². The number of hydrogen-bond donors (Lipinski definition) is 1. The van der Waals surface area contributed by atoms with Gasteiger partial charge in [0.1, 0.15) is 0 Å². The molecule has 3 heterocycles. The number of carbonyl (C=O) groups is 7. The van der Waals surface area contributed by atoms with Gasteiger partial charge in [-0.2, -0.15) is 0 Å². The molecule has 81 heavy (non-hydrogen) atoms. The average Bonchev–Trinajstić information content (AvgIpc) is 3.55. The summed E-state index contributed by atoms with van der Waals surface area (Å²) in [5.41, 5.74) is 0.811. The number of rotatable bonds is 30. The van der Waals surface area contributed by atoms with Gasteiger partial charge in [-0.3, -0.25) is 0 Å². The fraction of sp³-hybridized carbons (Fsp3) is 0.667.